The Balaban J connectivity index is 2.59. The summed E-state index contributed by atoms with van der Waals surface area (Å²) in [5.74, 6) is 0.835. The molecule has 0 aromatic heterocycles. The van der Waals surface area contributed by atoms with Gasteiger partial charge < -0.3 is 10.2 Å². The van der Waals surface area contributed by atoms with Crippen molar-refractivity contribution in [3.8, 4) is 0 Å². The standard InChI is InChI=1S/C17H36N2/c1-6-11-18-16-9-10-17(4,5)13-15(16)14-19(8-3)12-7-2/h15-16,18H,6-14H2,1-5H3. The van der Waals surface area contributed by atoms with E-state index < -0.39 is 0 Å². The molecule has 1 aliphatic rings. The van der Waals surface area contributed by atoms with Gasteiger partial charge in [0.25, 0.3) is 0 Å². The molecule has 0 bridgehead atoms. The number of hydrogen-bond acceptors (Lipinski definition) is 2. The van der Waals surface area contributed by atoms with Crippen LogP contribution in [-0.4, -0.2) is 37.1 Å². The molecule has 2 nitrogen and oxygen atoms in total. The van der Waals surface area contributed by atoms with Crippen molar-refractivity contribution in [2.75, 3.05) is 26.2 Å². The minimum atomic E-state index is 0.542. The van der Waals surface area contributed by atoms with Gasteiger partial charge in [-0.15, -0.1) is 0 Å². The fourth-order valence-corrected chi connectivity index (χ4v) is 3.55. The molecule has 1 fully saturated rings. The summed E-state index contributed by atoms with van der Waals surface area (Å²) in [6, 6.07) is 0.749. The molecule has 19 heavy (non-hydrogen) atoms. The fraction of sp³-hybridized carbons (Fsp3) is 1.00. The Kier molecular flexibility index (Phi) is 7.38. The first-order valence-electron chi connectivity index (χ1n) is 8.48. The van der Waals surface area contributed by atoms with Gasteiger partial charge in [0, 0.05) is 12.6 Å². The third-order valence-electron chi connectivity index (χ3n) is 4.65. The Morgan fingerprint density at radius 2 is 1.89 bits per heavy atom. The van der Waals surface area contributed by atoms with Gasteiger partial charge in [0.2, 0.25) is 0 Å². The average Bonchev–Trinajstić information content (AvgIpc) is 2.36. The first kappa shape index (κ1) is 17.0. The molecule has 0 spiro atoms. The molecule has 0 amide bonds. The van der Waals surface area contributed by atoms with Crippen molar-refractivity contribution in [1.29, 1.82) is 0 Å². The molecule has 1 N–H and O–H groups in total. The molecule has 0 aromatic carbocycles. The zero-order valence-electron chi connectivity index (χ0n) is 14.0. The Labute approximate surface area is 121 Å². The van der Waals surface area contributed by atoms with Gasteiger partial charge >= 0.3 is 0 Å². The maximum atomic E-state index is 3.80. The molecule has 0 aliphatic heterocycles. The molecule has 0 heterocycles. The van der Waals surface area contributed by atoms with Crippen molar-refractivity contribution in [1.82, 2.24) is 10.2 Å². The summed E-state index contributed by atoms with van der Waals surface area (Å²) in [6.45, 7) is 16.7. The molecular weight excluding hydrogens is 232 g/mol. The van der Waals surface area contributed by atoms with Crippen molar-refractivity contribution in [3.05, 3.63) is 0 Å². The van der Waals surface area contributed by atoms with Gasteiger partial charge in [0.1, 0.15) is 0 Å². The highest BCUT2D eigenvalue weighted by atomic mass is 15.1. The minimum Gasteiger partial charge on any atom is -0.314 e. The Morgan fingerprint density at radius 3 is 2.47 bits per heavy atom. The molecular formula is C17H36N2. The maximum Gasteiger partial charge on any atom is 0.0108 e. The van der Waals surface area contributed by atoms with Crippen LogP contribution in [0.4, 0.5) is 0 Å². The highest BCUT2D eigenvalue weighted by Gasteiger charge is 2.34. The van der Waals surface area contributed by atoms with E-state index >= 15 is 0 Å². The van der Waals surface area contributed by atoms with Crippen LogP contribution in [-0.2, 0) is 0 Å². The fourth-order valence-electron chi connectivity index (χ4n) is 3.55. The lowest BCUT2D eigenvalue weighted by Gasteiger charge is -2.43. The van der Waals surface area contributed by atoms with Gasteiger partial charge in [0.05, 0.1) is 0 Å². The predicted molar refractivity (Wildman–Crippen MR) is 85.6 cm³/mol. The van der Waals surface area contributed by atoms with Gasteiger partial charge in [-0.1, -0.05) is 34.6 Å². The van der Waals surface area contributed by atoms with E-state index in [1.165, 1.54) is 58.3 Å². The molecule has 2 unspecified atom stereocenters. The monoisotopic (exact) mass is 268 g/mol. The smallest absolute Gasteiger partial charge is 0.0108 e. The van der Waals surface area contributed by atoms with Gasteiger partial charge in [-0.3, -0.25) is 0 Å². The number of nitrogens with zero attached hydrogens (tertiary/aromatic N) is 1. The number of hydrogen-bond donors (Lipinski definition) is 1. The Morgan fingerprint density at radius 1 is 1.16 bits per heavy atom. The van der Waals surface area contributed by atoms with E-state index in [2.05, 4.69) is 44.8 Å². The van der Waals surface area contributed by atoms with E-state index in [1.54, 1.807) is 0 Å². The van der Waals surface area contributed by atoms with Crippen LogP contribution in [0, 0.1) is 11.3 Å². The second-order valence-corrected chi connectivity index (χ2v) is 7.12. The first-order chi connectivity index (χ1) is 9.02. The normalized spacial score (nSPS) is 26.8. The molecule has 0 radical (unpaired) electrons. The summed E-state index contributed by atoms with van der Waals surface area (Å²) in [6.07, 6.45) is 6.65. The topological polar surface area (TPSA) is 15.3 Å². The van der Waals surface area contributed by atoms with Crippen molar-refractivity contribution < 1.29 is 0 Å². The van der Waals surface area contributed by atoms with Gasteiger partial charge in [-0.05, 0) is 63.1 Å². The predicted octanol–water partition coefficient (Wildman–Crippen LogP) is 3.91. The lowest BCUT2D eigenvalue weighted by molar-refractivity contribution is 0.102. The van der Waals surface area contributed by atoms with Crippen molar-refractivity contribution in [2.24, 2.45) is 11.3 Å². The van der Waals surface area contributed by atoms with E-state index in [1.807, 2.05) is 0 Å². The maximum absolute atomic E-state index is 3.80. The van der Waals surface area contributed by atoms with E-state index in [4.69, 9.17) is 0 Å². The summed E-state index contributed by atoms with van der Waals surface area (Å²) in [7, 11) is 0. The molecule has 2 atom stereocenters. The minimum absolute atomic E-state index is 0.542. The van der Waals surface area contributed by atoms with Gasteiger partial charge in [0.15, 0.2) is 0 Å². The average molecular weight is 268 g/mol. The van der Waals surface area contributed by atoms with Gasteiger partial charge in [-0.2, -0.15) is 0 Å². The zero-order chi connectivity index (χ0) is 14.3. The lowest BCUT2D eigenvalue weighted by Crippen LogP contribution is -2.47. The van der Waals surface area contributed by atoms with Crippen LogP contribution < -0.4 is 5.32 Å². The van der Waals surface area contributed by atoms with E-state index in [9.17, 15) is 0 Å². The first-order valence-corrected chi connectivity index (χ1v) is 8.48. The Hall–Kier alpha value is -0.0800. The highest BCUT2D eigenvalue weighted by molar-refractivity contribution is 4.90. The number of nitrogens with one attached hydrogen (secondary N) is 1. The van der Waals surface area contributed by atoms with Crippen LogP contribution in [0.1, 0.15) is 66.7 Å². The Bertz CT molecular complexity index is 237. The quantitative estimate of drug-likeness (QED) is 0.718. The zero-order valence-corrected chi connectivity index (χ0v) is 14.0. The third kappa shape index (κ3) is 5.83. The van der Waals surface area contributed by atoms with E-state index in [0.29, 0.717) is 5.41 Å². The second kappa shape index (κ2) is 8.26. The van der Waals surface area contributed by atoms with Crippen LogP contribution in [0.5, 0.6) is 0 Å². The molecule has 114 valence electrons. The molecule has 0 aromatic rings. The molecule has 1 saturated carbocycles. The molecule has 1 aliphatic carbocycles. The summed E-state index contributed by atoms with van der Waals surface area (Å²) in [5.41, 5.74) is 0.542. The van der Waals surface area contributed by atoms with Crippen LogP contribution in [0.25, 0.3) is 0 Å². The summed E-state index contributed by atoms with van der Waals surface area (Å²) < 4.78 is 0. The van der Waals surface area contributed by atoms with E-state index in [-0.39, 0.29) is 0 Å². The van der Waals surface area contributed by atoms with Gasteiger partial charge in [-0.25, -0.2) is 0 Å². The third-order valence-corrected chi connectivity index (χ3v) is 4.65. The van der Waals surface area contributed by atoms with Crippen molar-refractivity contribution in [2.45, 2.75) is 72.8 Å². The summed E-state index contributed by atoms with van der Waals surface area (Å²) in [5, 5.41) is 3.80. The molecule has 0 saturated heterocycles. The summed E-state index contributed by atoms with van der Waals surface area (Å²) >= 11 is 0. The molecule has 1 rings (SSSR count). The molecule has 2 heteroatoms. The highest BCUT2D eigenvalue weighted by Crippen LogP contribution is 2.39. The van der Waals surface area contributed by atoms with Crippen LogP contribution >= 0.6 is 0 Å². The van der Waals surface area contributed by atoms with Crippen LogP contribution in [0.15, 0.2) is 0 Å². The lowest BCUT2D eigenvalue weighted by atomic mass is 9.69. The van der Waals surface area contributed by atoms with Crippen LogP contribution in [0.3, 0.4) is 0 Å². The largest absolute Gasteiger partial charge is 0.314 e. The van der Waals surface area contributed by atoms with E-state index in [0.717, 1.165) is 12.0 Å². The summed E-state index contributed by atoms with van der Waals surface area (Å²) in [4.78, 5) is 2.65. The van der Waals surface area contributed by atoms with Crippen molar-refractivity contribution in [3.63, 3.8) is 0 Å². The number of rotatable bonds is 8. The van der Waals surface area contributed by atoms with Crippen LogP contribution in [0.2, 0.25) is 0 Å². The second-order valence-electron chi connectivity index (χ2n) is 7.12. The SMILES string of the molecule is CCCNC1CCC(C)(C)CC1CN(CC)CCC. The van der Waals surface area contributed by atoms with Crippen molar-refractivity contribution >= 4 is 0 Å².